The Balaban J connectivity index is 8.19. The summed E-state index contributed by atoms with van der Waals surface area (Å²) in [5, 5.41) is 43.7. The van der Waals surface area contributed by atoms with Crippen molar-refractivity contribution in [1.82, 2.24) is 15.1 Å². The summed E-state index contributed by atoms with van der Waals surface area (Å²) in [4.78, 5) is 83.0. The highest BCUT2D eigenvalue weighted by Gasteiger charge is 2.67. The highest BCUT2D eigenvalue weighted by atomic mass is 16.4. The zero-order valence-electron chi connectivity index (χ0n) is 25.4. The third kappa shape index (κ3) is 6.27. The monoisotopic (exact) mass is 573 g/mol. The number of hydrogen-bond acceptors (Lipinski definition) is 10. The first-order chi connectivity index (χ1) is 18.1. The summed E-state index contributed by atoms with van der Waals surface area (Å²) in [5.41, 5.74) is -8.68. The Morgan fingerprint density at radius 1 is 0.800 bits per heavy atom. The van der Waals surface area contributed by atoms with Crippen molar-refractivity contribution in [1.29, 1.82) is 0 Å². The number of carbonyl (C=O) groups excluding carboxylic acids is 5. The Morgan fingerprint density at radius 3 is 1.55 bits per heavy atom. The SMILES string of the molecule is CC[C@H](C)[C@H](NC)C(=O)[C@](C)(C(=O)[C@@](C(=O)[C@](C)(O)C(=O)O)([C@@H](C)CC)N(C)C(=O)[C@@H](C)O)N(C)C(=O)[C@@H](C)O. The molecule has 0 rings (SSSR count). The summed E-state index contributed by atoms with van der Waals surface area (Å²) in [5.74, 6) is -9.79. The van der Waals surface area contributed by atoms with Crippen LogP contribution in [-0.2, 0) is 28.8 Å². The van der Waals surface area contributed by atoms with Gasteiger partial charge in [0, 0.05) is 14.1 Å². The van der Waals surface area contributed by atoms with E-state index in [1.807, 2.05) is 0 Å². The Labute approximate surface area is 235 Å². The van der Waals surface area contributed by atoms with Crippen LogP contribution in [0.5, 0.6) is 0 Å². The molecular formula is C27H47N3O10. The number of hydrogen-bond donors (Lipinski definition) is 5. The molecule has 0 aromatic rings. The van der Waals surface area contributed by atoms with Crippen molar-refractivity contribution < 1.29 is 49.2 Å². The molecule has 0 saturated carbocycles. The lowest BCUT2D eigenvalue weighted by molar-refractivity contribution is -0.180. The van der Waals surface area contributed by atoms with E-state index < -0.39 is 81.9 Å². The Morgan fingerprint density at radius 2 is 1.23 bits per heavy atom. The maximum absolute atomic E-state index is 15.0. The fourth-order valence-corrected chi connectivity index (χ4v) is 4.92. The third-order valence-corrected chi connectivity index (χ3v) is 8.18. The van der Waals surface area contributed by atoms with Crippen LogP contribution in [0.25, 0.3) is 0 Å². The van der Waals surface area contributed by atoms with Gasteiger partial charge in [0.05, 0.1) is 6.04 Å². The van der Waals surface area contributed by atoms with Crippen LogP contribution in [0.15, 0.2) is 0 Å². The second kappa shape index (κ2) is 13.7. The minimum absolute atomic E-state index is 0.0379. The molecule has 13 nitrogen and oxygen atoms in total. The minimum atomic E-state index is -3.23. The molecule has 0 aliphatic rings. The number of carbonyl (C=O) groups is 6. The van der Waals surface area contributed by atoms with Gasteiger partial charge in [-0.3, -0.25) is 24.0 Å². The van der Waals surface area contributed by atoms with Crippen molar-refractivity contribution in [2.75, 3.05) is 21.1 Å². The van der Waals surface area contributed by atoms with Gasteiger partial charge < -0.3 is 35.5 Å². The number of nitrogens with one attached hydrogen (secondary N) is 1. The van der Waals surface area contributed by atoms with Gasteiger partial charge in [0.2, 0.25) is 11.4 Å². The van der Waals surface area contributed by atoms with Crippen LogP contribution in [0.2, 0.25) is 0 Å². The van der Waals surface area contributed by atoms with Gasteiger partial charge in [-0.15, -0.1) is 0 Å². The van der Waals surface area contributed by atoms with E-state index in [0.29, 0.717) is 23.1 Å². The molecular weight excluding hydrogens is 526 g/mol. The Hall–Kier alpha value is -2.74. The van der Waals surface area contributed by atoms with E-state index in [0.717, 1.165) is 34.9 Å². The Bertz CT molecular complexity index is 995. The smallest absolute Gasteiger partial charge is 0.343 e. The third-order valence-electron chi connectivity index (χ3n) is 8.18. The first-order valence-electron chi connectivity index (χ1n) is 13.3. The van der Waals surface area contributed by atoms with Crippen molar-refractivity contribution >= 4 is 35.1 Å². The zero-order valence-corrected chi connectivity index (χ0v) is 25.4. The molecule has 0 saturated heterocycles. The lowest BCUT2D eigenvalue weighted by Crippen LogP contribution is -2.78. The molecule has 0 aliphatic heterocycles. The van der Waals surface area contributed by atoms with Crippen LogP contribution < -0.4 is 5.32 Å². The number of aliphatic hydroxyl groups is 3. The minimum Gasteiger partial charge on any atom is -0.479 e. The summed E-state index contributed by atoms with van der Waals surface area (Å²) in [6.07, 6.45) is -3.04. The molecule has 0 unspecified atom stereocenters. The lowest BCUT2D eigenvalue weighted by Gasteiger charge is -2.51. The molecule has 5 N–H and O–H groups in total. The van der Waals surface area contributed by atoms with Gasteiger partial charge in [0.1, 0.15) is 12.2 Å². The first-order valence-corrected chi connectivity index (χ1v) is 13.3. The summed E-state index contributed by atoms with van der Waals surface area (Å²) < 4.78 is 0. The molecule has 0 heterocycles. The molecule has 13 heteroatoms. The highest BCUT2D eigenvalue weighted by Crippen LogP contribution is 2.39. The number of nitrogens with zero attached hydrogens (tertiary/aromatic N) is 2. The highest BCUT2D eigenvalue weighted by molar-refractivity contribution is 6.30. The van der Waals surface area contributed by atoms with E-state index >= 15 is 0 Å². The number of carboxylic acid groups (broad SMARTS) is 1. The van der Waals surface area contributed by atoms with Crippen molar-refractivity contribution in [3.63, 3.8) is 0 Å². The van der Waals surface area contributed by atoms with E-state index in [9.17, 15) is 49.2 Å². The van der Waals surface area contributed by atoms with E-state index in [4.69, 9.17) is 0 Å². The van der Waals surface area contributed by atoms with Gasteiger partial charge in [0.15, 0.2) is 22.6 Å². The summed E-state index contributed by atoms with van der Waals surface area (Å²) in [7, 11) is 3.52. The summed E-state index contributed by atoms with van der Waals surface area (Å²) in [6.45, 7) is 10.3. The van der Waals surface area contributed by atoms with Gasteiger partial charge in [-0.05, 0) is 46.6 Å². The first kappa shape index (κ1) is 37.3. The molecule has 0 aliphatic carbocycles. The van der Waals surface area contributed by atoms with Crippen LogP contribution in [0.1, 0.15) is 68.2 Å². The van der Waals surface area contributed by atoms with Gasteiger partial charge in [-0.1, -0.05) is 40.5 Å². The summed E-state index contributed by atoms with van der Waals surface area (Å²) in [6, 6.07) is -1.06. The number of aliphatic carboxylic acids is 1. The lowest BCUT2D eigenvalue weighted by atomic mass is 9.63. The second-order valence-corrected chi connectivity index (χ2v) is 10.8. The van der Waals surface area contributed by atoms with Crippen molar-refractivity contribution in [3.05, 3.63) is 0 Å². The molecule has 2 amide bonds. The molecule has 0 aromatic carbocycles. The molecule has 0 bridgehead atoms. The quantitative estimate of drug-likeness (QED) is 0.147. The predicted octanol–water partition coefficient (Wildman–Crippen LogP) is -0.615. The second-order valence-electron chi connectivity index (χ2n) is 10.8. The van der Waals surface area contributed by atoms with Crippen LogP contribution >= 0.6 is 0 Å². The van der Waals surface area contributed by atoms with Crippen molar-refractivity contribution in [2.45, 2.75) is 103 Å². The van der Waals surface area contributed by atoms with E-state index in [-0.39, 0.29) is 6.42 Å². The fraction of sp³-hybridized carbons (Fsp3) is 0.778. The van der Waals surface area contributed by atoms with Crippen molar-refractivity contribution in [3.8, 4) is 0 Å². The molecule has 0 spiro atoms. The average Bonchev–Trinajstić information content (AvgIpc) is 2.90. The number of Topliss-reactive ketones (excluding diaryl/α,β-unsaturated/α-hetero) is 3. The van der Waals surface area contributed by atoms with Gasteiger partial charge >= 0.3 is 5.97 Å². The largest absolute Gasteiger partial charge is 0.479 e. The molecule has 0 fully saturated rings. The van der Waals surface area contributed by atoms with Crippen molar-refractivity contribution in [2.24, 2.45) is 11.8 Å². The predicted molar refractivity (Wildman–Crippen MR) is 145 cm³/mol. The molecule has 8 atom stereocenters. The molecule has 0 radical (unpaired) electrons. The number of carboxylic acids is 1. The van der Waals surface area contributed by atoms with Crippen LogP contribution in [0.3, 0.4) is 0 Å². The normalized spacial score (nSPS) is 19.9. The summed E-state index contributed by atoms with van der Waals surface area (Å²) >= 11 is 0. The number of likely N-dealkylation sites (N-methyl/N-ethyl adjacent to an activating group) is 3. The maximum Gasteiger partial charge on any atom is 0.343 e. The topological polar surface area (TPSA) is 202 Å². The van der Waals surface area contributed by atoms with E-state index in [2.05, 4.69) is 5.32 Å². The zero-order chi connectivity index (χ0) is 32.1. The van der Waals surface area contributed by atoms with Gasteiger partial charge in [0.25, 0.3) is 11.8 Å². The number of ketones is 3. The standard InChI is InChI=1S/C27H47N3O10/c1-12-14(3)18(28-9)19(33)25(7,29(10)20(34)16(5)31)22(36)27(15(4)13-2,30(11)21(35)17(6)32)23(37)26(8,40)24(38)39/h14-18,28,31-32,40H,12-13H2,1-11H3,(H,38,39)/t14-,15-,16+,17+,18-,25+,26-,27+/m0/s1. The number of amides is 2. The average molecular weight is 574 g/mol. The fourth-order valence-electron chi connectivity index (χ4n) is 4.92. The van der Waals surface area contributed by atoms with Crippen LogP contribution in [0.4, 0.5) is 0 Å². The van der Waals surface area contributed by atoms with Crippen LogP contribution in [0, 0.1) is 11.8 Å². The van der Waals surface area contributed by atoms with E-state index in [1.165, 1.54) is 20.9 Å². The van der Waals surface area contributed by atoms with Gasteiger partial charge in [-0.25, -0.2) is 4.79 Å². The number of rotatable bonds is 16. The van der Waals surface area contributed by atoms with Crippen LogP contribution in [-0.4, -0.2) is 121 Å². The Kier molecular flexibility index (Phi) is 12.8. The molecule has 40 heavy (non-hydrogen) atoms. The molecule has 230 valence electrons. The van der Waals surface area contributed by atoms with Gasteiger partial charge in [-0.2, -0.15) is 0 Å². The maximum atomic E-state index is 15.0. The molecule has 0 aromatic heterocycles. The number of aliphatic hydroxyl groups excluding tert-OH is 2. The van der Waals surface area contributed by atoms with E-state index in [1.54, 1.807) is 13.8 Å².